The van der Waals surface area contributed by atoms with E-state index in [2.05, 4.69) is 0 Å². The molecule has 2 aliphatic heterocycles. The van der Waals surface area contributed by atoms with Crippen LogP contribution in [0.3, 0.4) is 0 Å². The molecule has 0 aliphatic carbocycles. The van der Waals surface area contributed by atoms with E-state index in [9.17, 15) is 13.2 Å². The van der Waals surface area contributed by atoms with Gasteiger partial charge in [-0.15, -0.1) is 0 Å². The van der Waals surface area contributed by atoms with Gasteiger partial charge in [0.25, 0.3) is 0 Å². The molecule has 0 aromatic heterocycles. The van der Waals surface area contributed by atoms with Gasteiger partial charge in [0, 0.05) is 18.3 Å². The molecular weight excluding hydrogens is 360 g/mol. The summed E-state index contributed by atoms with van der Waals surface area (Å²) in [6, 6.07) is 15.3. The third kappa shape index (κ3) is 3.51. The molecule has 0 radical (unpaired) electrons. The molecule has 2 saturated heterocycles. The lowest BCUT2D eigenvalue weighted by Crippen LogP contribution is -2.61. The number of piperazine rings is 1. The molecule has 1 amide bonds. The van der Waals surface area contributed by atoms with Crippen molar-refractivity contribution in [2.75, 3.05) is 23.0 Å². The van der Waals surface area contributed by atoms with Crippen molar-refractivity contribution < 1.29 is 13.2 Å². The fourth-order valence-electron chi connectivity index (χ4n) is 4.25. The van der Waals surface area contributed by atoms with E-state index < -0.39 is 9.84 Å². The topological polar surface area (TPSA) is 57.7 Å². The monoisotopic (exact) mass is 384 g/mol. The maximum atomic E-state index is 13.0. The minimum absolute atomic E-state index is 0.0294. The van der Waals surface area contributed by atoms with E-state index in [4.69, 9.17) is 0 Å². The SMILES string of the molecule is Cc1cccc(N2C(=O)CN(Cc3ccccc3C)C3CS(=O)(=O)CC32)c1. The summed E-state index contributed by atoms with van der Waals surface area (Å²) in [4.78, 5) is 16.8. The van der Waals surface area contributed by atoms with Crippen molar-refractivity contribution in [2.45, 2.75) is 32.5 Å². The first-order chi connectivity index (χ1) is 12.8. The Bertz CT molecular complexity index is 986. The number of anilines is 1. The molecule has 2 atom stereocenters. The summed E-state index contributed by atoms with van der Waals surface area (Å²) >= 11 is 0. The van der Waals surface area contributed by atoms with Gasteiger partial charge in [-0.1, -0.05) is 36.4 Å². The van der Waals surface area contributed by atoms with Gasteiger partial charge in [0.1, 0.15) is 0 Å². The van der Waals surface area contributed by atoms with E-state index in [-0.39, 0.29) is 36.0 Å². The summed E-state index contributed by atoms with van der Waals surface area (Å²) in [5.41, 5.74) is 4.14. The third-order valence-corrected chi connectivity index (χ3v) is 7.31. The van der Waals surface area contributed by atoms with Crippen LogP contribution in [0.4, 0.5) is 5.69 Å². The molecule has 2 heterocycles. The van der Waals surface area contributed by atoms with E-state index in [1.165, 1.54) is 0 Å². The lowest BCUT2D eigenvalue weighted by Gasteiger charge is -2.43. The van der Waals surface area contributed by atoms with Crippen LogP contribution in [0.2, 0.25) is 0 Å². The van der Waals surface area contributed by atoms with Crippen LogP contribution in [0, 0.1) is 13.8 Å². The number of hydrogen-bond acceptors (Lipinski definition) is 4. The molecule has 0 N–H and O–H groups in total. The van der Waals surface area contributed by atoms with E-state index in [0.717, 1.165) is 22.4 Å². The van der Waals surface area contributed by atoms with Crippen molar-refractivity contribution in [3.8, 4) is 0 Å². The van der Waals surface area contributed by atoms with Gasteiger partial charge in [0.2, 0.25) is 5.91 Å². The fraction of sp³-hybridized carbons (Fsp3) is 0.381. The van der Waals surface area contributed by atoms with Crippen LogP contribution < -0.4 is 4.90 Å². The van der Waals surface area contributed by atoms with Crippen LogP contribution in [-0.4, -0.2) is 49.4 Å². The van der Waals surface area contributed by atoms with E-state index in [1.807, 2.05) is 67.3 Å². The zero-order valence-corrected chi connectivity index (χ0v) is 16.4. The van der Waals surface area contributed by atoms with Gasteiger partial charge in [-0.25, -0.2) is 8.42 Å². The Labute approximate surface area is 160 Å². The predicted octanol–water partition coefficient (Wildman–Crippen LogP) is 2.32. The van der Waals surface area contributed by atoms with Crippen LogP contribution in [0.5, 0.6) is 0 Å². The minimum atomic E-state index is -3.17. The summed E-state index contributed by atoms with van der Waals surface area (Å²) in [5.74, 6) is 0.105. The first-order valence-corrected chi connectivity index (χ1v) is 11.0. The lowest BCUT2D eigenvalue weighted by atomic mass is 10.0. The number of fused-ring (bicyclic) bond motifs is 1. The highest BCUT2D eigenvalue weighted by molar-refractivity contribution is 7.91. The minimum Gasteiger partial charge on any atom is -0.306 e. The molecule has 2 aromatic carbocycles. The second-order valence-electron chi connectivity index (χ2n) is 7.65. The smallest absolute Gasteiger partial charge is 0.241 e. The molecule has 0 saturated carbocycles. The van der Waals surface area contributed by atoms with Gasteiger partial charge in [-0.05, 0) is 42.7 Å². The van der Waals surface area contributed by atoms with Crippen molar-refractivity contribution in [1.82, 2.24) is 4.90 Å². The Kier molecular flexibility index (Phi) is 4.56. The zero-order chi connectivity index (χ0) is 19.2. The summed E-state index contributed by atoms with van der Waals surface area (Å²) in [6.07, 6.45) is 0. The summed E-state index contributed by atoms with van der Waals surface area (Å²) in [6.45, 7) is 4.85. The maximum absolute atomic E-state index is 13.0. The molecule has 4 rings (SSSR count). The van der Waals surface area contributed by atoms with Crippen molar-refractivity contribution in [1.29, 1.82) is 0 Å². The van der Waals surface area contributed by atoms with Crippen LogP contribution in [0.1, 0.15) is 16.7 Å². The van der Waals surface area contributed by atoms with Crippen LogP contribution in [0.25, 0.3) is 0 Å². The standard InChI is InChI=1S/C21H24N2O3S/c1-15-6-5-9-18(10-15)23-20-14-27(25,26)13-19(20)22(12-21(23)24)11-17-8-4-3-7-16(17)2/h3-10,19-20H,11-14H2,1-2H3. The Balaban J connectivity index is 1.69. The second-order valence-corrected chi connectivity index (χ2v) is 9.80. The number of aryl methyl sites for hydroxylation is 2. The average molecular weight is 385 g/mol. The van der Waals surface area contributed by atoms with Crippen LogP contribution >= 0.6 is 0 Å². The van der Waals surface area contributed by atoms with Crippen molar-refractivity contribution in [3.63, 3.8) is 0 Å². The molecule has 0 spiro atoms. The molecule has 2 aromatic rings. The van der Waals surface area contributed by atoms with E-state index in [1.54, 1.807) is 4.90 Å². The maximum Gasteiger partial charge on any atom is 0.241 e. The number of rotatable bonds is 3. The first kappa shape index (κ1) is 18.2. The molecule has 27 heavy (non-hydrogen) atoms. The zero-order valence-electron chi connectivity index (χ0n) is 15.6. The fourth-order valence-corrected chi connectivity index (χ4v) is 6.23. The average Bonchev–Trinajstić information content (AvgIpc) is 2.92. The highest BCUT2D eigenvalue weighted by Gasteiger charge is 2.49. The number of benzene rings is 2. The Hall–Kier alpha value is -2.18. The number of sulfone groups is 1. The van der Waals surface area contributed by atoms with Gasteiger partial charge in [-0.3, -0.25) is 9.69 Å². The summed E-state index contributed by atoms with van der Waals surface area (Å²) in [5, 5.41) is 0. The number of hydrogen-bond donors (Lipinski definition) is 0. The molecule has 2 unspecified atom stereocenters. The van der Waals surface area contributed by atoms with Gasteiger partial charge in [0.05, 0.1) is 24.1 Å². The molecule has 6 heteroatoms. The van der Waals surface area contributed by atoms with Crippen molar-refractivity contribution in [3.05, 3.63) is 65.2 Å². The second kappa shape index (κ2) is 6.77. The molecule has 5 nitrogen and oxygen atoms in total. The van der Waals surface area contributed by atoms with Crippen molar-refractivity contribution >= 4 is 21.4 Å². The Morgan fingerprint density at radius 2 is 1.74 bits per heavy atom. The van der Waals surface area contributed by atoms with E-state index >= 15 is 0 Å². The molecule has 2 fully saturated rings. The van der Waals surface area contributed by atoms with Gasteiger partial charge in [0.15, 0.2) is 9.84 Å². The largest absolute Gasteiger partial charge is 0.306 e. The normalized spacial score (nSPS) is 24.8. The first-order valence-electron chi connectivity index (χ1n) is 9.22. The number of amides is 1. The summed E-state index contributed by atoms with van der Waals surface area (Å²) in [7, 11) is -3.17. The number of carbonyl (C=O) groups excluding carboxylic acids is 1. The molecule has 142 valence electrons. The van der Waals surface area contributed by atoms with Crippen molar-refractivity contribution in [2.24, 2.45) is 0 Å². The van der Waals surface area contributed by atoms with Gasteiger partial charge in [-0.2, -0.15) is 0 Å². The predicted molar refractivity (Wildman–Crippen MR) is 106 cm³/mol. The summed E-state index contributed by atoms with van der Waals surface area (Å²) < 4.78 is 24.9. The number of carbonyl (C=O) groups is 1. The van der Waals surface area contributed by atoms with Crippen LogP contribution in [0.15, 0.2) is 48.5 Å². The number of nitrogens with zero attached hydrogens (tertiary/aromatic N) is 2. The molecule has 0 bridgehead atoms. The van der Waals surface area contributed by atoms with Crippen LogP contribution in [-0.2, 0) is 21.2 Å². The molecule has 2 aliphatic rings. The highest BCUT2D eigenvalue weighted by atomic mass is 32.2. The Morgan fingerprint density at radius 1 is 1.00 bits per heavy atom. The third-order valence-electron chi connectivity index (χ3n) is 5.62. The Morgan fingerprint density at radius 3 is 2.48 bits per heavy atom. The quantitative estimate of drug-likeness (QED) is 0.815. The highest BCUT2D eigenvalue weighted by Crippen LogP contribution is 2.33. The van der Waals surface area contributed by atoms with Gasteiger partial charge < -0.3 is 4.90 Å². The van der Waals surface area contributed by atoms with E-state index in [0.29, 0.717) is 6.54 Å². The lowest BCUT2D eigenvalue weighted by molar-refractivity contribution is -0.123. The van der Waals surface area contributed by atoms with Gasteiger partial charge >= 0.3 is 0 Å². The molecular formula is C21H24N2O3S.